The van der Waals surface area contributed by atoms with Crippen LogP contribution in [0.5, 0.6) is 0 Å². The zero-order valence-corrected chi connectivity index (χ0v) is 7.87. The Hall–Kier alpha value is -0.350. The molecule has 0 aromatic rings. The zero-order chi connectivity index (χ0) is 8.69. The average Bonchev–Trinajstić information content (AvgIpc) is 2.00. The fraction of sp³-hybridized carbons (Fsp3) is 0.857. The summed E-state index contributed by atoms with van der Waals surface area (Å²) in [7, 11) is 0. The highest BCUT2D eigenvalue weighted by Crippen LogP contribution is 1.86. The Bertz CT molecular complexity index is 119. The van der Waals surface area contributed by atoms with Crippen LogP contribution in [0.3, 0.4) is 0 Å². The first-order valence-electron chi connectivity index (χ1n) is 3.86. The maximum absolute atomic E-state index is 8.46. The van der Waals surface area contributed by atoms with Gasteiger partial charge in [0.15, 0.2) is 5.11 Å². The zero-order valence-electron chi connectivity index (χ0n) is 7.05. The van der Waals surface area contributed by atoms with Crippen molar-refractivity contribution in [3.05, 3.63) is 0 Å². The van der Waals surface area contributed by atoms with Crippen molar-refractivity contribution in [2.75, 3.05) is 13.2 Å². The van der Waals surface area contributed by atoms with Crippen LogP contribution in [0.25, 0.3) is 0 Å². The van der Waals surface area contributed by atoms with E-state index in [1.807, 2.05) is 0 Å². The van der Waals surface area contributed by atoms with Gasteiger partial charge in [-0.3, -0.25) is 0 Å². The van der Waals surface area contributed by atoms with Crippen molar-refractivity contribution in [3.8, 4) is 0 Å². The lowest BCUT2D eigenvalue weighted by Gasteiger charge is -2.14. The fourth-order valence-corrected chi connectivity index (χ4v) is 0.850. The summed E-state index contributed by atoms with van der Waals surface area (Å²) < 4.78 is 0. The summed E-state index contributed by atoms with van der Waals surface area (Å²) in [6.45, 7) is 4.78. The molecule has 0 radical (unpaired) electrons. The van der Waals surface area contributed by atoms with E-state index in [1.54, 1.807) is 0 Å². The lowest BCUT2D eigenvalue weighted by atomic mass is 10.3. The molecular weight excluding hydrogens is 160 g/mol. The molecule has 0 aromatic carbocycles. The van der Waals surface area contributed by atoms with E-state index in [9.17, 15) is 0 Å². The first kappa shape index (κ1) is 10.7. The minimum Gasteiger partial charge on any atom is -0.395 e. The van der Waals surface area contributed by atoms with Crippen LogP contribution in [0.1, 0.15) is 20.3 Å². The summed E-state index contributed by atoms with van der Waals surface area (Å²) in [6, 6.07) is 0.397. The summed E-state index contributed by atoms with van der Waals surface area (Å²) in [5, 5.41) is 15.0. The van der Waals surface area contributed by atoms with E-state index < -0.39 is 0 Å². The van der Waals surface area contributed by atoms with E-state index in [4.69, 9.17) is 17.3 Å². The van der Waals surface area contributed by atoms with Gasteiger partial charge in [0.05, 0.1) is 6.61 Å². The largest absolute Gasteiger partial charge is 0.395 e. The Labute approximate surface area is 73.2 Å². The van der Waals surface area contributed by atoms with Crippen LogP contribution in [-0.2, 0) is 0 Å². The average molecular weight is 176 g/mol. The predicted octanol–water partition coefficient (Wildman–Crippen LogP) is 0.241. The summed E-state index contributed by atoms with van der Waals surface area (Å²) in [4.78, 5) is 0. The highest BCUT2D eigenvalue weighted by Gasteiger charge is 1.98. The van der Waals surface area contributed by atoms with Gasteiger partial charge >= 0.3 is 0 Å². The molecular formula is C7H16N2OS. The molecule has 0 saturated heterocycles. The van der Waals surface area contributed by atoms with Crippen molar-refractivity contribution >= 4 is 17.3 Å². The van der Waals surface area contributed by atoms with Gasteiger partial charge in [-0.25, -0.2) is 0 Å². The molecule has 0 saturated carbocycles. The number of hydrogen-bond donors (Lipinski definition) is 3. The van der Waals surface area contributed by atoms with Crippen LogP contribution in [-0.4, -0.2) is 29.4 Å². The molecule has 1 atom stereocenters. The van der Waals surface area contributed by atoms with Gasteiger partial charge in [-0.2, -0.15) is 0 Å². The van der Waals surface area contributed by atoms with Crippen molar-refractivity contribution < 1.29 is 5.11 Å². The highest BCUT2D eigenvalue weighted by atomic mass is 32.1. The summed E-state index contributed by atoms with van der Waals surface area (Å²) in [5.41, 5.74) is 0. The van der Waals surface area contributed by atoms with E-state index in [2.05, 4.69) is 24.5 Å². The molecule has 3 nitrogen and oxygen atoms in total. The van der Waals surface area contributed by atoms with Gasteiger partial charge < -0.3 is 15.7 Å². The maximum atomic E-state index is 8.46. The molecule has 11 heavy (non-hydrogen) atoms. The van der Waals surface area contributed by atoms with Crippen LogP contribution >= 0.6 is 12.2 Å². The molecule has 0 amide bonds. The standard InChI is InChI=1S/C7H16N2OS/c1-3-6(2)9-7(11)8-4-5-10/h6,10H,3-5H2,1-2H3,(H2,8,9,11). The minimum atomic E-state index is 0.113. The first-order valence-corrected chi connectivity index (χ1v) is 4.26. The molecule has 0 bridgehead atoms. The second-order valence-electron chi connectivity index (χ2n) is 2.43. The lowest BCUT2D eigenvalue weighted by Crippen LogP contribution is -2.41. The predicted molar refractivity (Wildman–Crippen MR) is 50.6 cm³/mol. The second kappa shape index (κ2) is 6.37. The third kappa shape index (κ3) is 6.06. The quantitative estimate of drug-likeness (QED) is 0.537. The Morgan fingerprint density at radius 1 is 1.64 bits per heavy atom. The highest BCUT2D eigenvalue weighted by molar-refractivity contribution is 7.80. The third-order valence-electron chi connectivity index (χ3n) is 1.39. The van der Waals surface area contributed by atoms with Crippen LogP contribution in [0.4, 0.5) is 0 Å². The molecule has 0 aliphatic heterocycles. The smallest absolute Gasteiger partial charge is 0.166 e. The van der Waals surface area contributed by atoms with Gasteiger partial charge in [0.2, 0.25) is 0 Å². The topological polar surface area (TPSA) is 44.3 Å². The van der Waals surface area contributed by atoms with Crippen LogP contribution in [0.2, 0.25) is 0 Å². The van der Waals surface area contributed by atoms with Gasteiger partial charge in [-0.15, -0.1) is 0 Å². The van der Waals surface area contributed by atoms with E-state index in [0.717, 1.165) is 6.42 Å². The van der Waals surface area contributed by atoms with Crippen molar-refractivity contribution in [2.24, 2.45) is 0 Å². The number of aliphatic hydroxyl groups excluding tert-OH is 1. The number of hydrogen-bond acceptors (Lipinski definition) is 2. The van der Waals surface area contributed by atoms with Crippen molar-refractivity contribution in [1.29, 1.82) is 0 Å². The molecule has 0 aliphatic rings. The van der Waals surface area contributed by atoms with E-state index in [-0.39, 0.29) is 6.61 Å². The number of thiocarbonyl (C=S) groups is 1. The first-order chi connectivity index (χ1) is 5.20. The molecule has 4 heteroatoms. The Balaban J connectivity index is 3.36. The molecule has 0 aliphatic carbocycles. The Morgan fingerprint density at radius 2 is 2.27 bits per heavy atom. The van der Waals surface area contributed by atoms with Crippen molar-refractivity contribution in [1.82, 2.24) is 10.6 Å². The Morgan fingerprint density at radius 3 is 2.73 bits per heavy atom. The van der Waals surface area contributed by atoms with Gasteiger partial charge in [0, 0.05) is 12.6 Å². The molecule has 66 valence electrons. The summed E-state index contributed by atoms with van der Waals surface area (Å²) in [6.07, 6.45) is 1.04. The second-order valence-corrected chi connectivity index (χ2v) is 2.84. The van der Waals surface area contributed by atoms with Crippen LogP contribution in [0.15, 0.2) is 0 Å². The SMILES string of the molecule is CCC(C)NC(=S)NCCO. The van der Waals surface area contributed by atoms with Gasteiger partial charge in [0.1, 0.15) is 0 Å². The van der Waals surface area contributed by atoms with Crippen LogP contribution < -0.4 is 10.6 Å². The summed E-state index contributed by atoms with van der Waals surface area (Å²) >= 11 is 4.93. The normalized spacial score (nSPS) is 12.3. The molecule has 1 unspecified atom stereocenters. The number of rotatable bonds is 4. The number of aliphatic hydroxyl groups is 1. The molecule has 0 spiro atoms. The summed E-state index contributed by atoms with van der Waals surface area (Å²) in [5.74, 6) is 0. The molecule has 0 fully saturated rings. The maximum Gasteiger partial charge on any atom is 0.166 e. The molecule has 0 rings (SSSR count). The minimum absolute atomic E-state index is 0.113. The van der Waals surface area contributed by atoms with Gasteiger partial charge in [-0.05, 0) is 25.6 Å². The van der Waals surface area contributed by atoms with E-state index in [0.29, 0.717) is 17.7 Å². The van der Waals surface area contributed by atoms with Crippen molar-refractivity contribution in [2.45, 2.75) is 26.3 Å². The van der Waals surface area contributed by atoms with Crippen LogP contribution in [0, 0.1) is 0 Å². The van der Waals surface area contributed by atoms with E-state index >= 15 is 0 Å². The molecule has 0 aromatic heterocycles. The van der Waals surface area contributed by atoms with Gasteiger partial charge in [0.25, 0.3) is 0 Å². The van der Waals surface area contributed by atoms with Gasteiger partial charge in [-0.1, -0.05) is 6.92 Å². The fourth-order valence-electron chi connectivity index (χ4n) is 0.546. The third-order valence-corrected chi connectivity index (χ3v) is 1.65. The molecule has 0 heterocycles. The number of nitrogens with one attached hydrogen (secondary N) is 2. The molecule has 3 N–H and O–H groups in total. The van der Waals surface area contributed by atoms with Crippen molar-refractivity contribution in [3.63, 3.8) is 0 Å². The monoisotopic (exact) mass is 176 g/mol. The van der Waals surface area contributed by atoms with E-state index in [1.165, 1.54) is 0 Å². The Kier molecular flexibility index (Phi) is 6.16. The lowest BCUT2D eigenvalue weighted by molar-refractivity contribution is 0.300.